The molecule has 1 saturated heterocycles. The van der Waals surface area contributed by atoms with E-state index in [0.717, 1.165) is 12.8 Å². The predicted molar refractivity (Wildman–Crippen MR) is 67.5 cm³/mol. The third-order valence-corrected chi connectivity index (χ3v) is 3.14. The van der Waals surface area contributed by atoms with E-state index in [9.17, 15) is 9.59 Å². The minimum atomic E-state index is -0.322. The van der Waals surface area contributed by atoms with Crippen molar-refractivity contribution < 1.29 is 9.59 Å². The van der Waals surface area contributed by atoms with Gasteiger partial charge in [-0.1, -0.05) is 27.7 Å². The Labute approximate surface area is 104 Å². The van der Waals surface area contributed by atoms with Crippen LogP contribution in [0.1, 0.15) is 47.0 Å². The summed E-state index contributed by atoms with van der Waals surface area (Å²) < 4.78 is 0. The van der Waals surface area contributed by atoms with Gasteiger partial charge in [-0.25, -0.2) is 0 Å². The first kappa shape index (κ1) is 14.0. The average molecular weight is 240 g/mol. The second-order valence-corrected chi connectivity index (χ2v) is 5.15. The van der Waals surface area contributed by atoms with Crippen molar-refractivity contribution in [1.29, 1.82) is 0 Å². The van der Waals surface area contributed by atoms with Crippen molar-refractivity contribution in [3.63, 3.8) is 0 Å². The number of nitrogens with zero attached hydrogens (tertiary/aromatic N) is 1. The number of rotatable bonds is 5. The molecule has 4 heteroatoms. The van der Waals surface area contributed by atoms with Gasteiger partial charge in [0.05, 0.1) is 0 Å². The highest BCUT2D eigenvalue weighted by Crippen LogP contribution is 2.18. The molecule has 0 radical (unpaired) electrons. The monoisotopic (exact) mass is 240 g/mol. The number of hydrogen-bond acceptors (Lipinski definition) is 2. The first-order chi connectivity index (χ1) is 8.01. The summed E-state index contributed by atoms with van der Waals surface area (Å²) in [4.78, 5) is 26.0. The molecule has 4 nitrogen and oxygen atoms in total. The Balaban J connectivity index is 2.85. The minimum absolute atomic E-state index is 0.0126. The lowest BCUT2D eigenvalue weighted by Gasteiger charge is -2.39. The van der Waals surface area contributed by atoms with Crippen LogP contribution in [0.4, 0.5) is 0 Å². The van der Waals surface area contributed by atoms with Crippen LogP contribution >= 0.6 is 0 Å². The van der Waals surface area contributed by atoms with Crippen LogP contribution in [-0.4, -0.2) is 35.3 Å². The van der Waals surface area contributed by atoms with Crippen molar-refractivity contribution in [2.24, 2.45) is 5.92 Å². The van der Waals surface area contributed by atoms with E-state index in [1.807, 2.05) is 13.8 Å². The summed E-state index contributed by atoms with van der Waals surface area (Å²) in [5.74, 6) is 0.509. The summed E-state index contributed by atoms with van der Waals surface area (Å²) in [7, 11) is 0. The lowest BCUT2D eigenvalue weighted by molar-refractivity contribution is -0.150. The van der Waals surface area contributed by atoms with Crippen molar-refractivity contribution in [3.8, 4) is 0 Å². The second-order valence-electron chi connectivity index (χ2n) is 5.15. The maximum absolute atomic E-state index is 12.2. The molecule has 1 N–H and O–H groups in total. The highest BCUT2D eigenvalue weighted by atomic mass is 16.2. The standard InChI is InChI=1S/C13H24N2O2/c1-5-7-15-11(8-9(3)4)12(16)14-10(6-2)13(15)17/h9-11H,5-8H2,1-4H3,(H,14,16). The van der Waals surface area contributed by atoms with Crippen molar-refractivity contribution in [1.82, 2.24) is 10.2 Å². The molecule has 1 aliphatic rings. The van der Waals surface area contributed by atoms with Crippen LogP contribution in [0, 0.1) is 5.92 Å². The fourth-order valence-corrected chi connectivity index (χ4v) is 2.29. The van der Waals surface area contributed by atoms with Crippen LogP contribution in [0.2, 0.25) is 0 Å². The van der Waals surface area contributed by atoms with Crippen molar-refractivity contribution in [3.05, 3.63) is 0 Å². The zero-order chi connectivity index (χ0) is 13.0. The van der Waals surface area contributed by atoms with Gasteiger partial charge in [-0.2, -0.15) is 0 Å². The fraction of sp³-hybridized carbons (Fsp3) is 0.846. The number of carbonyl (C=O) groups excluding carboxylic acids is 2. The number of amides is 2. The van der Waals surface area contributed by atoms with Gasteiger partial charge in [-0.3, -0.25) is 9.59 Å². The van der Waals surface area contributed by atoms with Crippen LogP contribution in [0.15, 0.2) is 0 Å². The zero-order valence-corrected chi connectivity index (χ0v) is 11.3. The summed E-state index contributed by atoms with van der Waals surface area (Å²) in [6.45, 7) is 8.80. The van der Waals surface area contributed by atoms with Crippen LogP contribution in [0.3, 0.4) is 0 Å². The molecule has 98 valence electrons. The second kappa shape index (κ2) is 6.03. The maximum atomic E-state index is 12.2. The van der Waals surface area contributed by atoms with E-state index in [0.29, 0.717) is 18.9 Å². The quantitative estimate of drug-likeness (QED) is 0.792. The topological polar surface area (TPSA) is 49.4 Å². The molecule has 2 amide bonds. The van der Waals surface area contributed by atoms with Crippen molar-refractivity contribution in [2.75, 3.05) is 6.54 Å². The highest BCUT2D eigenvalue weighted by Gasteiger charge is 2.39. The molecule has 2 unspecified atom stereocenters. The minimum Gasteiger partial charge on any atom is -0.343 e. The van der Waals surface area contributed by atoms with Gasteiger partial charge in [0.25, 0.3) is 0 Å². The van der Waals surface area contributed by atoms with E-state index < -0.39 is 0 Å². The van der Waals surface area contributed by atoms with E-state index in [2.05, 4.69) is 19.2 Å². The molecule has 0 aliphatic carbocycles. The van der Waals surface area contributed by atoms with Crippen LogP contribution in [0.25, 0.3) is 0 Å². The fourth-order valence-electron chi connectivity index (χ4n) is 2.29. The Kier molecular flexibility index (Phi) is 4.97. The maximum Gasteiger partial charge on any atom is 0.245 e. The molecule has 1 fully saturated rings. The molecule has 0 bridgehead atoms. The molecule has 0 aromatic carbocycles. The summed E-state index contributed by atoms with van der Waals surface area (Å²) in [6, 6.07) is -0.595. The zero-order valence-electron chi connectivity index (χ0n) is 11.3. The van der Waals surface area contributed by atoms with E-state index in [1.54, 1.807) is 4.90 Å². The predicted octanol–water partition coefficient (Wildman–Crippen LogP) is 1.55. The molecule has 0 aromatic heterocycles. The van der Waals surface area contributed by atoms with Crippen molar-refractivity contribution in [2.45, 2.75) is 59.0 Å². The normalized spacial score (nSPS) is 25.4. The SMILES string of the molecule is CCCN1C(=O)C(CC)NC(=O)C1CC(C)C. The van der Waals surface area contributed by atoms with Gasteiger partial charge in [-0.15, -0.1) is 0 Å². The Bertz CT molecular complexity index is 289. The molecule has 1 aliphatic heterocycles. The van der Waals surface area contributed by atoms with Gasteiger partial charge in [0.15, 0.2) is 0 Å². The molecular weight excluding hydrogens is 216 g/mol. The molecule has 2 atom stereocenters. The molecule has 0 saturated carbocycles. The van der Waals surface area contributed by atoms with E-state index in [1.165, 1.54) is 0 Å². The van der Waals surface area contributed by atoms with Crippen molar-refractivity contribution >= 4 is 11.8 Å². The summed E-state index contributed by atoms with van der Waals surface area (Å²) in [5, 5.41) is 2.83. The largest absolute Gasteiger partial charge is 0.343 e. The number of carbonyl (C=O) groups is 2. The number of piperazine rings is 1. The summed E-state index contributed by atoms with van der Waals surface area (Å²) >= 11 is 0. The highest BCUT2D eigenvalue weighted by molar-refractivity contribution is 5.96. The Hall–Kier alpha value is -1.06. The third kappa shape index (κ3) is 3.20. The van der Waals surface area contributed by atoms with Gasteiger partial charge >= 0.3 is 0 Å². The Morgan fingerprint density at radius 2 is 1.94 bits per heavy atom. The summed E-state index contributed by atoms with van der Waals surface area (Å²) in [5.41, 5.74) is 0. The van der Waals surface area contributed by atoms with E-state index >= 15 is 0 Å². The molecule has 1 rings (SSSR count). The first-order valence-corrected chi connectivity index (χ1v) is 6.62. The number of nitrogens with one attached hydrogen (secondary N) is 1. The molecular formula is C13H24N2O2. The van der Waals surface area contributed by atoms with Gasteiger partial charge in [-0.05, 0) is 25.2 Å². The van der Waals surface area contributed by atoms with Gasteiger partial charge in [0, 0.05) is 6.54 Å². The Morgan fingerprint density at radius 3 is 2.41 bits per heavy atom. The summed E-state index contributed by atoms with van der Waals surface area (Å²) in [6.07, 6.45) is 2.30. The van der Waals surface area contributed by atoms with Gasteiger partial charge in [0.1, 0.15) is 12.1 Å². The number of hydrogen-bond donors (Lipinski definition) is 1. The van der Waals surface area contributed by atoms with Gasteiger partial charge < -0.3 is 10.2 Å². The van der Waals surface area contributed by atoms with Gasteiger partial charge in [0.2, 0.25) is 11.8 Å². The smallest absolute Gasteiger partial charge is 0.245 e. The van der Waals surface area contributed by atoms with Crippen LogP contribution in [-0.2, 0) is 9.59 Å². The van der Waals surface area contributed by atoms with Crippen LogP contribution in [0.5, 0.6) is 0 Å². The van der Waals surface area contributed by atoms with Crippen LogP contribution < -0.4 is 5.32 Å². The molecule has 1 heterocycles. The Morgan fingerprint density at radius 1 is 1.29 bits per heavy atom. The molecule has 0 aromatic rings. The first-order valence-electron chi connectivity index (χ1n) is 6.62. The molecule has 0 spiro atoms. The average Bonchev–Trinajstić information content (AvgIpc) is 2.27. The third-order valence-electron chi connectivity index (χ3n) is 3.14. The molecule has 17 heavy (non-hydrogen) atoms. The lowest BCUT2D eigenvalue weighted by Crippen LogP contribution is -2.63. The van der Waals surface area contributed by atoms with E-state index in [4.69, 9.17) is 0 Å². The van der Waals surface area contributed by atoms with E-state index in [-0.39, 0.29) is 23.9 Å². The lowest BCUT2D eigenvalue weighted by atomic mass is 9.97.